The molecule has 0 heterocycles. The molecule has 0 unspecified atom stereocenters. The van der Waals surface area contributed by atoms with Crippen molar-refractivity contribution < 1.29 is 18.7 Å². The number of benzene rings is 1. The van der Waals surface area contributed by atoms with Crippen LogP contribution in [-0.2, 0) is 9.53 Å². The molecule has 2 atom stereocenters. The Bertz CT molecular complexity index is 422. The summed E-state index contributed by atoms with van der Waals surface area (Å²) < 4.78 is 23.2. The molecule has 0 aliphatic heterocycles. The van der Waals surface area contributed by atoms with Gasteiger partial charge in [-0.2, -0.15) is 0 Å². The molecular weight excluding hydrogens is 273 g/mol. The van der Waals surface area contributed by atoms with Gasteiger partial charge < -0.3 is 14.8 Å². The normalized spacial score (nSPS) is 13.5. The minimum Gasteiger partial charge on any atom is -0.494 e. The molecule has 0 amide bonds. The standard InChI is InChI=1S/C16H24FNO3/c1-4-20-16(19)12(2)13(3)18-10-5-11-21-15-8-6-14(17)7-9-15/h6-9,12-13,18H,4-5,10-11H2,1-3H3/t12-,13-/m0/s1. The summed E-state index contributed by atoms with van der Waals surface area (Å²) in [6, 6.07) is 6.00. The zero-order valence-corrected chi connectivity index (χ0v) is 12.9. The van der Waals surface area contributed by atoms with E-state index in [1.54, 1.807) is 19.1 Å². The van der Waals surface area contributed by atoms with Gasteiger partial charge in [-0.3, -0.25) is 4.79 Å². The van der Waals surface area contributed by atoms with Gasteiger partial charge in [0.05, 0.1) is 19.1 Å². The molecule has 1 N–H and O–H groups in total. The molecule has 0 saturated carbocycles. The molecule has 1 rings (SSSR count). The van der Waals surface area contributed by atoms with Crippen LogP contribution in [0.1, 0.15) is 27.2 Å². The Balaban J connectivity index is 2.15. The van der Waals surface area contributed by atoms with Crippen LogP contribution >= 0.6 is 0 Å². The van der Waals surface area contributed by atoms with E-state index >= 15 is 0 Å². The topological polar surface area (TPSA) is 47.6 Å². The molecule has 0 aliphatic rings. The maximum Gasteiger partial charge on any atom is 0.310 e. The summed E-state index contributed by atoms with van der Waals surface area (Å²) in [5.74, 6) is 0.0261. The fraction of sp³-hybridized carbons (Fsp3) is 0.562. The minimum atomic E-state index is -0.272. The van der Waals surface area contributed by atoms with Gasteiger partial charge >= 0.3 is 5.97 Å². The summed E-state index contributed by atoms with van der Waals surface area (Å²) in [7, 11) is 0. The SMILES string of the molecule is CCOC(=O)[C@@H](C)[C@H](C)NCCCOc1ccc(F)cc1. The number of hydrogen-bond donors (Lipinski definition) is 1. The quantitative estimate of drug-likeness (QED) is 0.562. The molecule has 0 aromatic heterocycles. The number of nitrogens with one attached hydrogen (secondary N) is 1. The number of ether oxygens (including phenoxy) is 2. The van der Waals surface area contributed by atoms with Crippen LogP contribution in [0.15, 0.2) is 24.3 Å². The van der Waals surface area contributed by atoms with E-state index < -0.39 is 0 Å². The van der Waals surface area contributed by atoms with Crippen molar-refractivity contribution in [3.8, 4) is 5.75 Å². The second-order valence-electron chi connectivity index (χ2n) is 4.94. The van der Waals surface area contributed by atoms with Crippen molar-refractivity contribution in [3.05, 3.63) is 30.1 Å². The Morgan fingerprint density at radius 3 is 2.57 bits per heavy atom. The zero-order valence-electron chi connectivity index (χ0n) is 12.9. The Kier molecular flexibility index (Phi) is 7.75. The van der Waals surface area contributed by atoms with Crippen molar-refractivity contribution in [2.24, 2.45) is 5.92 Å². The van der Waals surface area contributed by atoms with Gasteiger partial charge in [0.15, 0.2) is 0 Å². The smallest absolute Gasteiger partial charge is 0.310 e. The number of carbonyl (C=O) groups excluding carboxylic acids is 1. The van der Waals surface area contributed by atoms with Gasteiger partial charge in [0.2, 0.25) is 0 Å². The molecule has 0 fully saturated rings. The molecule has 0 spiro atoms. The number of carbonyl (C=O) groups is 1. The largest absolute Gasteiger partial charge is 0.494 e. The van der Waals surface area contributed by atoms with Crippen molar-refractivity contribution in [2.45, 2.75) is 33.2 Å². The van der Waals surface area contributed by atoms with Crippen LogP contribution in [0, 0.1) is 11.7 Å². The lowest BCUT2D eigenvalue weighted by Crippen LogP contribution is -2.37. The zero-order chi connectivity index (χ0) is 15.7. The average molecular weight is 297 g/mol. The summed E-state index contributed by atoms with van der Waals surface area (Å²) in [6.07, 6.45) is 0.803. The molecule has 1 aromatic carbocycles. The van der Waals surface area contributed by atoms with Gasteiger partial charge in [-0.15, -0.1) is 0 Å². The van der Waals surface area contributed by atoms with Gasteiger partial charge in [-0.05, 0) is 51.1 Å². The molecule has 1 aromatic rings. The highest BCUT2D eigenvalue weighted by atomic mass is 19.1. The summed E-state index contributed by atoms with van der Waals surface area (Å²) in [6.45, 7) is 7.30. The van der Waals surface area contributed by atoms with Crippen LogP contribution in [-0.4, -0.2) is 31.8 Å². The highest BCUT2D eigenvalue weighted by molar-refractivity contribution is 5.72. The number of halogens is 1. The van der Waals surface area contributed by atoms with E-state index in [9.17, 15) is 9.18 Å². The van der Waals surface area contributed by atoms with Crippen molar-refractivity contribution in [3.63, 3.8) is 0 Å². The lowest BCUT2D eigenvalue weighted by atomic mass is 10.0. The predicted octanol–water partition coefficient (Wildman–Crippen LogP) is 2.77. The van der Waals surface area contributed by atoms with Crippen LogP contribution in [0.4, 0.5) is 4.39 Å². The third kappa shape index (κ3) is 6.58. The van der Waals surface area contributed by atoms with E-state index in [0.29, 0.717) is 19.0 Å². The summed E-state index contributed by atoms with van der Waals surface area (Å²) in [5.41, 5.74) is 0. The van der Waals surface area contributed by atoms with Crippen LogP contribution in [0.2, 0.25) is 0 Å². The maximum absolute atomic E-state index is 12.7. The molecular formula is C16H24FNO3. The molecule has 4 nitrogen and oxygen atoms in total. The predicted molar refractivity (Wildman–Crippen MR) is 79.8 cm³/mol. The third-order valence-electron chi connectivity index (χ3n) is 3.28. The first-order valence-electron chi connectivity index (χ1n) is 7.33. The lowest BCUT2D eigenvalue weighted by molar-refractivity contribution is -0.148. The van der Waals surface area contributed by atoms with Crippen molar-refractivity contribution in [2.75, 3.05) is 19.8 Å². The van der Waals surface area contributed by atoms with Crippen molar-refractivity contribution >= 4 is 5.97 Å². The number of esters is 1. The number of rotatable bonds is 9. The first-order valence-corrected chi connectivity index (χ1v) is 7.33. The Hall–Kier alpha value is -1.62. The summed E-state index contributed by atoms with van der Waals surface area (Å²) in [5, 5.41) is 3.28. The molecule has 21 heavy (non-hydrogen) atoms. The van der Waals surface area contributed by atoms with E-state index in [-0.39, 0.29) is 23.7 Å². The van der Waals surface area contributed by atoms with Gasteiger partial charge in [-0.1, -0.05) is 6.92 Å². The monoisotopic (exact) mass is 297 g/mol. The Morgan fingerprint density at radius 1 is 1.29 bits per heavy atom. The molecule has 0 radical (unpaired) electrons. The third-order valence-corrected chi connectivity index (χ3v) is 3.28. The van der Waals surface area contributed by atoms with Gasteiger partial charge in [0, 0.05) is 6.04 Å². The fourth-order valence-electron chi connectivity index (χ4n) is 1.78. The van der Waals surface area contributed by atoms with Gasteiger partial charge in [0.1, 0.15) is 11.6 Å². The van der Waals surface area contributed by atoms with Gasteiger partial charge in [0.25, 0.3) is 0 Å². The van der Waals surface area contributed by atoms with E-state index in [1.165, 1.54) is 12.1 Å². The highest BCUT2D eigenvalue weighted by Crippen LogP contribution is 2.11. The Morgan fingerprint density at radius 2 is 1.95 bits per heavy atom. The lowest BCUT2D eigenvalue weighted by Gasteiger charge is -2.19. The molecule has 0 saturated heterocycles. The van der Waals surface area contributed by atoms with Crippen LogP contribution in [0.5, 0.6) is 5.75 Å². The number of hydrogen-bond acceptors (Lipinski definition) is 4. The average Bonchev–Trinajstić information content (AvgIpc) is 2.48. The van der Waals surface area contributed by atoms with Crippen LogP contribution < -0.4 is 10.1 Å². The fourth-order valence-corrected chi connectivity index (χ4v) is 1.78. The molecule has 118 valence electrons. The summed E-state index contributed by atoms with van der Waals surface area (Å²) in [4.78, 5) is 11.6. The summed E-state index contributed by atoms with van der Waals surface area (Å²) >= 11 is 0. The molecule has 0 bridgehead atoms. The van der Waals surface area contributed by atoms with E-state index in [1.807, 2.05) is 13.8 Å². The van der Waals surface area contributed by atoms with E-state index in [2.05, 4.69) is 5.32 Å². The van der Waals surface area contributed by atoms with Crippen LogP contribution in [0.3, 0.4) is 0 Å². The van der Waals surface area contributed by atoms with E-state index in [0.717, 1.165) is 13.0 Å². The minimum absolute atomic E-state index is 0.0508. The second-order valence-corrected chi connectivity index (χ2v) is 4.94. The highest BCUT2D eigenvalue weighted by Gasteiger charge is 2.20. The second kappa shape index (κ2) is 9.34. The van der Waals surface area contributed by atoms with Crippen molar-refractivity contribution in [1.82, 2.24) is 5.32 Å². The molecule has 0 aliphatic carbocycles. The first-order chi connectivity index (χ1) is 10.0. The molecule has 5 heteroatoms. The van der Waals surface area contributed by atoms with Crippen molar-refractivity contribution in [1.29, 1.82) is 0 Å². The van der Waals surface area contributed by atoms with Gasteiger partial charge in [-0.25, -0.2) is 4.39 Å². The maximum atomic E-state index is 12.7. The van der Waals surface area contributed by atoms with E-state index in [4.69, 9.17) is 9.47 Å². The van der Waals surface area contributed by atoms with Crippen LogP contribution in [0.25, 0.3) is 0 Å². The Labute approximate surface area is 125 Å². The first kappa shape index (κ1) is 17.4.